The van der Waals surface area contributed by atoms with Gasteiger partial charge in [-0.25, -0.2) is 0 Å². The van der Waals surface area contributed by atoms with Gasteiger partial charge in [0.25, 0.3) is 0 Å². The first-order valence-corrected chi connectivity index (χ1v) is 6.38. The topological polar surface area (TPSA) is 76.4 Å². The molecular weight excluding hydrogens is 242 g/mol. The zero-order valence-corrected chi connectivity index (χ0v) is 10.7. The van der Waals surface area contributed by atoms with Gasteiger partial charge in [-0.3, -0.25) is 4.79 Å². The van der Waals surface area contributed by atoms with Gasteiger partial charge in [0.15, 0.2) is 0 Å². The van der Waals surface area contributed by atoms with Crippen LogP contribution in [0.25, 0.3) is 0 Å². The number of nitrogens with one attached hydrogen (secondary N) is 1. The molecule has 5 heteroatoms. The average molecular weight is 259 g/mol. The maximum Gasteiger partial charge on any atom is 0.225 e. The maximum atomic E-state index is 11.7. The van der Waals surface area contributed by atoms with E-state index in [9.17, 15) is 9.90 Å². The fraction of sp³-hybridized carbons (Fsp3) is 0.429. The number of carbonyl (C=O) groups excluding carboxylic acids is 1. The van der Waals surface area contributed by atoms with Crippen LogP contribution in [-0.2, 0) is 4.79 Å². The lowest BCUT2D eigenvalue weighted by Crippen LogP contribution is -2.26. The molecule has 2 rings (SSSR count). The molecule has 0 saturated carbocycles. The molecule has 0 aliphatic carbocycles. The highest BCUT2D eigenvalue weighted by molar-refractivity contribution is 5.90. The Balaban J connectivity index is 1.76. The standard InChI is InChI=1S/C14H17N3O2/c15-9-11-1-3-12(4-2-11)16-14(19)6-8-17-7-5-13(18)10-17/h1-4,13,18H,5-8,10H2,(H,16,19)/t13-/m1/s1. The van der Waals surface area contributed by atoms with E-state index in [0.29, 0.717) is 30.8 Å². The van der Waals surface area contributed by atoms with Crippen molar-refractivity contribution >= 4 is 11.6 Å². The Morgan fingerprint density at radius 1 is 1.47 bits per heavy atom. The summed E-state index contributed by atoms with van der Waals surface area (Å²) in [5.74, 6) is -0.0499. The largest absolute Gasteiger partial charge is 0.392 e. The molecule has 1 saturated heterocycles. The van der Waals surface area contributed by atoms with Crippen molar-refractivity contribution in [2.75, 3.05) is 25.0 Å². The second kappa shape index (κ2) is 6.32. The third kappa shape index (κ3) is 4.05. The molecule has 1 fully saturated rings. The summed E-state index contributed by atoms with van der Waals surface area (Å²) in [4.78, 5) is 13.8. The van der Waals surface area contributed by atoms with E-state index in [1.54, 1.807) is 24.3 Å². The first-order chi connectivity index (χ1) is 9.17. The lowest BCUT2D eigenvalue weighted by atomic mass is 10.2. The van der Waals surface area contributed by atoms with Crippen molar-refractivity contribution in [2.45, 2.75) is 18.9 Å². The maximum absolute atomic E-state index is 11.7. The zero-order chi connectivity index (χ0) is 13.7. The highest BCUT2D eigenvalue weighted by atomic mass is 16.3. The number of β-amino-alcohol motifs (C(OH)–C–C–N with tert-alkyl or cyclic N) is 1. The summed E-state index contributed by atoms with van der Waals surface area (Å²) in [6.07, 6.45) is 0.950. The minimum absolute atomic E-state index is 0.0499. The third-order valence-electron chi connectivity index (χ3n) is 3.20. The van der Waals surface area contributed by atoms with Crippen molar-refractivity contribution in [3.63, 3.8) is 0 Å². The summed E-state index contributed by atoms with van der Waals surface area (Å²) in [5.41, 5.74) is 1.27. The molecule has 1 heterocycles. The van der Waals surface area contributed by atoms with Crippen molar-refractivity contribution in [3.05, 3.63) is 29.8 Å². The molecule has 0 aromatic heterocycles. The van der Waals surface area contributed by atoms with E-state index in [2.05, 4.69) is 10.2 Å². The third-order valence-corrected chi connectivity index (χ3v) is 3.20. The molecule has 0 radical (unpaired) electrons. The number of rotatable bonds is 4. The molecule has 19 heavy (non-hydrogen) atoms. The number of amides is 1. The van der Waals surface area contributed by atoms with E-state index in [4.69, 9.17) is 5.26 Å². The van der Waals surface area contributed by atoms with E-state index in [-0.39, 0.29) is 12.0 Å². The lowest BCUT2D eigenvalue weighted by molar-refractivity contribution is -0.116. The van der Waals surface area contributed by atoms with Crippen molar-refractivity contribution in [3.8, 4) is 6.07 Å². The first-order valence-electron chi connectivity index (χ1n) is 6.38. The molecule has 0 spiro atoms. The number of hydrogen-bond acceptors (Lipinski definition) is 4. The summed E-state index contributed by atoms with van der Waals surface area (Å²) >= 11 is 0. The molecule has 0 unspecified atom stereocenters. The SMILES string of the molecule is N#Cc1ccc(NC(=O)CCN2CC[C@@H](O)C2)cc1. The van der Waals surface area contributed by atoms with E-state index < -0.39 is 0 Å². The van der Waals surface area contributed by atoms with Gasteiger partial charge >= 0.3 is 0 Å². The predicted octanol–water partition coefficient (Wildman–Crippen LogP) is 0.953. The van der Waals surface area contributed by atoms with Crippen LogP contribution < -0.4 is 5.32 Å². The van der Waals surface area contributed by atoms with Gasteiger partial charge in [0.2, 0.25) is 5.91 Å². The summed E-state index contributed by atoms with van der Waals surface area (Å²) in [6, 6.07) is 8.81. The number of nitriles is 1. The number of benzene rings is 1. The fourth-order valence-corrected chi connectivity index (χ4v) is 2.13. The molecule has 2 N–H and O–H groups in total. The van der Waals surface area contributed by atoms with Crippen molar-refractivity contribution in [1.29, 1.82) is 5.26 Å². The van der Waals surface area contributed by atoms with Gasteiger partial charge in [0.05, 0.1) is 17.7 Å². The Morgan fingerprint density at radius 3 is 2.79 bits per heavy atom. The van der Waals surface area contributed by atoms with Crippen molar-refractivity contribution < 1.29 is 9.90 Å². The van der Waals surface area contributed by atoms with Gasteiger partial charge in [-0.15, -0.1) is 0 Å². The van der Waals surface area contributed by atoms with Crippen molar-refractivity contribution in [1.82, 2.24) is 4.90 Å². The van der Waals surface area contributed by atoms with Gasteiger partial charge in [-0.05, 0) is 30.7 Å². The summed E-state index contributed by atoms with van der Waals surface area (Å²) in [6.45, 7) is 2.18. The Morgan fingerprint density at radius 2 is 2.21 bits per heavy atom. The van der Waals surface area contributed by atoms with Crippen LogP contribution in [0.1, 0.15) is 18.4 Å². The number of anilines is 1. The molecular formula is C14H17N3O2. The molecule has 1 amide bonds. The number of nitrogens with zero attached hydrogens (tertiary/aromatic N) is 2. The molecule has 1 aliphatic rings. The van der Waals surface area contributed by atoms with Crippen LogP contribution in [0.5, 0.6) is 0 Å². The monoisotopic (exact) mass is 259 g/mol. The summed E-state index contributed by atoms with van der Waals surface area (Å²) in [7, 11) is 0. The first kappa shape index (κ1) is 13.5. The van der Waals surface area contributed by atoms with Crippen LogP contribution >= 0.6 is 0 Å². The average Bonchev–Trinajstić information content (AvgIpc) is 2.83. The second-order valence-corrected chi connectivity index (χ2v) is 4.73. The van der Waals surface area contributed by atoms with Gasteiger partial charge in [0, 0.05) is 31.7 Å². The zero-order valence-electron chi connectivity index (χ0n) is 10.7. The summed E-state index contributed by atoms with van der Waals surface area (Å²) < 4.78 is 0. The molecule has 1 atom stereocenters. The van der Waals surface area contributed by atoms with Crippen LogP contribution in [0.4, 0.5) is 5.69 Å². The van der Waals surface area contributed by atoms with E-state index in [1.807, 2.05) is 6.07 Å². The highest BCUT2D eigenvalue weighted by Crippen LogP contribution is 2.11. The minimum Gasteiger partial charge on any atom is -0.392 e. The van der Waals surface area contributed by atoms with E-state index in [0.717, 1.165) is 13.0 Å². The molecule has 0 bridgehead atoms. The second-order valence-electron chi connectivity index (χ2n) is 4.73. The summed E-state index contributed by atoms with van der Waals surface area (Å²) in [5, 5.41) is 20.8. The van der Waals surface area contributed by atoms with Gasteiger partial charge in [-0.2, -0.15) is 5.26 Å². The van der Waals surface area contributed by atoms with Crippen LogP contribution in [0.3, 0.4) is 0 Å². The number of aliphatic hydroxyl groups excluding tert-OH is 1. The Bertz CT molecular complexity index is 478. The van der Waals surface area contributed by atoms with Crippen LogP contribution in [0.15, 0.2) is 24.3 Å². The van der Waals surface area contributed by atoms with E-state index in [1.165, 1.54) is 0 Å². The Labute approximate surface area is 112 Å². The van der Waals surface area contributed by atoms with Crippen LogP contribution in [0.2, 0.25) is 0 Å². The van der Waals surface area contributed by atoms with Crippen LogP contribution in [-0.4, -0.2) is 41.7 Å². The molecule has 1 aromatic carbocycles. The Hall–Kier alpha value is -1.90. The highest BCUT2D eigenvalue weighted by Gasteiger charge is 2.20. The van der Waals surface area contributed by atoms with Crippen molar-refractivity contribution in [2.24, 2.45) is 0 Å². The quantitative estimate of drug-likeness (QED) is 0.844. The lowest BCUT2D eigenvalue weighted by Gasteiger charge is -2.14. The fourth-order valence-electron chi connectivity index (χ4n) is 2.13. The normalized spacial score (nSPS) is 19.1. The minimum atomic E-state index is -0.249. The smallest absolute Gasteiger partial charge is 0.225 e. The van der Waals surface area contributed by atoms with Gasteiger partial charge < -0.3 is 15.3 Å². The molecule has 100 valence electrons. The number of likely N-dealkylation sites (tertiary alicyclic amines) is 1. The number of carbonyl (C=O) groups is 1. The molecule has 5 nitrogen and oxygen atoms in total. The van der Waals surface area contributed by atoms with Crippen LogP contribution in [0, 0.1) is 11.3 Å². The van der Waals surface area contributed by atoms with Gasteiger partial charge in [0.1, 0.15) is 0 Å². The van der Waals surface area contributed by atoms with Gasteiger partial charge in [-0.1, -0.05) is 0 Å². The number of hydrogen-bond donors (Lipinski definition) is 2. The molecule has 1 aliphatic heterocycles. The van der Waals surface area contributed by atoms with E-state index >= 15 is 0 Å². The molecule has 1 aromatic rings. The predicted molar refractivity (Wildman–Crippen MR) is 71.5 cm³/mol. The number of aliphatic hydroxyl groups is 1. The Kier molecular flexibility index (Phi) is 4.50.